The summed E-state index contributed by atoms with van der Waals surface area (Å²) in [5, 5.41) is 11.9. The number of aryl methyl sites for hydroxylation is 2. The molecule has 0 radical (unpaired) electrons. The number of aromatic nitrogens is 1. The van der Waals surface area contributed by atoms with Gasteiger partial charge in [-0.15, -0.1) is 0 Å². The fourth-order valence-corrected chi connectivity index (χ4v) is 4.17. The summed E-state index contributed by atoms with van der Waals surface area (Å²) in [6.07, 6.45) is 1.42. The molecule has 0 spiro atoms. The van der Waals surface area contributed by atoms with Crippen LogP contribution < -0.4 is 10.2 Å². The van der Waals surface area contributed by atoms with Crippen LogP contribution in [-0.2, 0) is 9.59 Å². The quantitative estimate of drug-likeness (QED) is 0.427. The first kappa shape index (κ1) is 23.0. The summed E-state index contributed by atoms with van der Waals surface area (Å²) in [5.41, 5.74) is 3.30. The largest absolute Gasteiger partial charge is 0.478 e. The maximum absolute atomic E-state index is 13.2. The topological polar surface area (TPSA) is 109 Å². The smallest absolute Gasteiger partial charge is 0.335 e. The molecule has 4 amide bonds. The molecule has 0 unspecified atom stereocenters. The molecule has 34 heavy (non-hydrogen) atoms. The molecular weight excluding hydrogens is 458 g/mol. The molecule has 0 saturated carbocycles. The molecule has 1 fully saturated rings. The van der Waals surface area contributed by atoms with Gasteiger partial charge in [0.05, 0.1) is 22.0 Å². The average molecular weight is 478 g/mol. The van der Waals surface area contributed by atoms with Crippen molar-refractivity contribution in [2.45, 2.75) is 20.8 Å². The fraction of sp³-hybridized carbons (Fsp3) is 0.120. The number of amides is 4. The molecule has 2 aromatic carbocycles. The van der Waals surface area contributed by atoms with Gasteiger partial charge in [-0.05, 0) is 68.3 Å². The molecule has 9 heteroatoms. The van der Waals surface area contributed by atoms with Gasteiger partial charge in [0.1, 0.15) is 5.57 Å². The van der Waals surface area contributed by atoms with E-state index in [0.717, 1.165) is 4.90 Å². The van der Waals surface area contributed by atoms with Gasteiger partial charge in [0, 0.05) is 11.4 Å². The lowest BCUT2D eigenvalue weighted by atomic mass is 10.1. The molecule has 4 rings (SSSR count). The van der Waals surface area contributed by atoms with Crippen LogP contribution in [0.5, 0.6) is 0 Å². The zero-order chi connectivity index (χ0) is 24.7. The van der Waals surface area contributed by atoms with E-state index in [1.54, 1.807) is 55.7 Å². The number of nitrogens with one attached hydrogen (secondary N) is 1. The number of rotatable bonds is 4. The van der Waals surface area contributed by atoms with Gasteiger partial charge in [0.25, 0.3) is 11.8 Å². The SMILES string of the molecule is Cc1ccccc1N1C(=O)NC(=O)/C(=C\c2cc(C)n(-c3cc(C(=O)O)ccc3Cl)c2C)C1=O. The summed E-state index contributed by atoms with van der Waals surface area (Å²) in [7, 11) is 0. The molecular formula is C25H20ClN3O5. The Labute approximate surface area is 200 Å². The highest BCUT2D eigenvalue weighted by atomic mass is 35.5. The molecule has 0 bridgehead atoms. The predicted molar refractivity (Wildman–Crippen MR) is 127 cm³/mol. The number of carboxylic acid groups (broad SMARTS) is 1. The minimum absolute atomic E-state index is 0.0704. The highest BCUT2D eigenvalue weighted by molar-refractivity contribution is 6.39. The van der Waals surface area contributed by atoms with E-state index in [0.29, 0.717) is 38.9 Å². The van der Waals surface area contributed by atoms with Crippen molar-refractivity contribution in [2.24, 2.45) is 0 Å². The maximum atomic E-state index is 13.2. The van der Waals surface area contributed by atoms with E-state index < -0.39 is 23.8 Å². The van der Waals surface area contributed by atoms with E-state index in [1.165, 1.54) is 24.3 Å². The van der Waals surface area contributed by atoms with Crippen molar-refractivity contribution in [2.75, 3.05) is 4.90 Å². The second kappa shape index (κ2) is 8.64. The second-order valence-electron chi connectivity index (χ2n) is 7.88. The normalized spacial score (nSPS) is 15.1. The van der Waals surface area contributed by atoms with Gasteiger partial charge < -0.3 is 9.67 Å². The number of para-hydroxylation sites is 1. The van der Waals surface area contributed by atoms with Crippen molar-refractivity contribution in [1.29, 1.82) is 0 Å². The standard InChI is InChI=1S/C25H20ClN3O5/c1-13-6-4-5-7-20(13)29-23(31)18(22(30)27-25(29)34)11-17-10-14(2)28(15(17)3)21-12-16(24(32)33)8-9-19(21)26/h4-12H,1-3H3,(H,32,33)(H,27,30,34)/b18-11+. The number of carboxylic acids is 1. The minimum Gasteiger partial charge on any atom is -0.478 e. The van der Waals surface area contributed by atoms with E-state index >= 15 is 0 Å². The Morgan fingerprint density at radius 1 is 1.00 bits per heavy atom. The lowest BCUT2D eigenvalue weighted by Gasteiger charge is -2.27. The molecule has 1 aromatic heterocycles. The van der Waals surface area contributed by atoms with E-state index in [-0.39, 0.29) is 11.1 Å². The van der Waals surface area contributed by atoms with Gasteiger partial charge >= 0.3 is 12.0 Å². The third kappa shape index (κ3) is 3.88. The molecule has 1 saturated heterocycles. The first-order valence-corrected chi connectivity index (χ1v) is 10.7. The van der Waals surface area contributed by atoms with Crippen LogP contribution in [0.3, 0.4) is 0 Å². The summed E-state index contributed by atoms with van der Waals surface area (Å²) >= 11 is 6.35. The lowest BCUT2D eigenvalue weighted by Crippen LogP contribution is -2.54. The third-order valence-corrected chi connectivity index (χ3v) is 5.98. The Bertz CT molecular complexity index is 1420. The van der Waals surface area contributed by atoms with Gasteiger partial charge in [-0.2, -0.15) is 0 Å². The molecule has 1 aliphatic rings. The number of anilines is 1. The highest BCUT2D eigenvalue weighted by Gasteiger charge is 2.37. The Morgan fingerprint density at radius 2 is 1.71 bits per heavy atom. The monoisotopic (exact) mass is 477 g/mol. The van der Waals surface area contributed by atoms with Crippen LogP contribution in [0.25, 0.3) is 11.8 Å². The van der Waals surface area contributed by atoms with E-state index in [1.807, 2.05) is 0 Å². The maximum Gasteiger partial charge on any atom is 0.335 e. The second-order valence-corrected chi connectivity index (χ2v) is 8.28. The van der Waals surface area contributed by atoms with Crippen molar-refractivity contribution >= 4 is 47.2 Å². The summed E-state index contributed by atoms with van der Waals surface area (Å²) in [6, 6.07) is 12.2. The van der Waals surface area contributed by atoms with Gasteiger partial charge in [0.2, 0.25) is 0 Å². The molecule has 1 aliphatic heterocycles. The Balaban J connectivity index is 1.81. The number of benzene rings is 2. The molecule has 0 atom stereocenters. The van der Waals surface area contributed by atoms with Gasteiger partial charge in [-0.3, -0.25) is 14.9 Å². The van der Waals surface area contributed by atoms with Gasteiger partial charge in [-0.25, -0.2) is 14.5 Å². The number of barbiturate groups is 1. The number of aromatic carboxylic acids is 1. The average Bonchev–Trinajstić information content (AvgIpc) is 3.05. The number of imide groups is 2. The summed E-state index contributed by atoms with van der Waals surface area (Å²) in [4.78, 5) is 50.7. The fourth-order valence-electron chi connectivity index (χ4n) is 3.97. The van der Waals surface area contributed by atoms with Crippen LogP contribution in [0.1, 0.15) is 32.9 Å². The van der Waals surface area contributed by atoms with E-state index in [9.17, 15) is 24.3 Å². The summed E-state index contributed by atoms with van der Waals surface area (Å²) < 4.78 is 1.75. The van der Waals surface area contributed by atoms with Gasteiger partial charge in [-0.1, -0.05) is 29.8 Å². The lowest BCUT2D eigenvalue weighted by molar-refractivity contribution is -0.122. The molecule has 172 valence electrons. The highest BCUT2D eigenvalue weighted by Crippen LogP contribution is 2.30. The first-order valence-electron chi connectivity index (χ1n) is 10.3. The Morgan fingerprint density at radius 3 is 2.38 bits per heavy atom. The number of nitrogens with zero attached hydrogens (tertiary/aromatic N) is 2. The van der Waals surface area contributed by atoms with E-state index in [2.05, 4.69) is 5.32 Å². The number of urea groups is 1. The van der Waals surface area contributed by atoms with Crippen molar-refractivity contribution in [3.8, 4) is 5.69 Å². The number of halogens is 1. The van der Waals surface area contributed by atoms with Crippen LogP contribution in [0.4, 0.5) is 10.5 Å². The van der Waals surface area contributed by atoms with Crippen LogP contribution in [0.15, 0.2) is 54.1 Å². The van der Waals surface area contributed by atoms with Crippen molar-refractivity contribution in [3.63, 3.8) is 0 Å². The minimum atomic E-state index is -1.09. The van der Waals surface area contributed by atoms with Gasteiger partial charge in [0.15, 0.2) is 0 Å². The first-order chi connectivity index (χ1) is 16.1. The van der Waals surface area contributed by atoms with Crippen LogP contribution in [0.2, 0.25) is 5.02 Å². The summed E-state index contributed by atoms with van der Waals surface area (Å²) in [6.45, 7) is 5.32. The molecule has 2 N–H and O–H groups in total. The van der Waals surface area contributed by atoms with Crippen molar-refractivity contribution in [1.82, 2.24) is 9.88 Å². The third-order valence-electron chi connectivity index (χ3n) is 5.66. The number of hydrogen-bond acceptors (Lipinski definition) is 4. The zero-order valence-electron chi connectivity index (χ0n) is 18.5. The number of carbonyl (C=O) groups is 4. The molecule has 0 aliphatic carbocycles. The zero-order valence-corrected chi connectivity index (χ0v) is 19.3. The molecule has 3 aromatic rings. The van der Waals surface area contributed by atoms with Crippen molar-refractivity contribution < 1.29 is 24.3 Å². The Kier molecular flexibility index (Phi) is 5.85. The number of hydrogen-bond donors (Lipinski definition) is 2. The predicted octanol–water partition coefficient (Wildman–Crippen LogP) is 4.42. The summed E-state index contributed by atoms with van der Waals surface area (Å²) in [5.74, 6) is -2.62. The Hall–Kier alpha value is -4.17. The molecule has 8 nitrogen and oxygen atoms in total. The number of carbonyl (C=O) groups excluding carboxylic acids is 3. The van der Waals surface area contributed by atoms with E-state index in [4.69, 9.17) is 11.6 Å². The van der Waals surface area contributed by atoms with Crippen molar-refractivity contribution in [3.05, 3.63) is 87.2 Å². The van der Waals surface area contributed by atoms with Crippen LogP contribution in [0, 0.1) is 20.8 Å². The van der Waals surface area contributed by atoms with Crippen LogP contribution >= 0.6 is 11.6 Å². The van der Waals surface area contributed by atoms with Crippen LogP contribution in [-0.4, -0.2) is 33.5 Å². The molecule has 2 heterocycles.